The minimum Gasteiger partial charge on any atom is -0.480 e. The largest absolute Gasteiger partial charge is 0.480 e. The molecule has 342 valence electrons. The van der Waals surface area contributed by atoms with Crippen molar-refractivity contribution in [1.29, 1.82) is 0 Å². The summed E-state index contributed by atoms with van der Waals surface area (Å²) < 4.78 is 0. The van der Waals surface area contributed by atoms with Crippen molar-refractivity contribution >= 4 is 65.9 Å². The summed E-state index contributed by atoms with van der Waals surface area (Å²) in [5, 5.41) is 46.1. The molecule has 0 aliphatic carbocycles. The van der Waals surface area contributed by atoms with E-state index in [1.54, 1.807) is 71.9 Å². The molecule has 0 bridgehead atoms. The van der Waals surface area contributed by atoms with Crippen LogP contribution < -0.4 is 48.7 Å². The first kappa shape index (κ1) is 53.7. The van der Waals surface area contributed by atoms with Gasteiger partial charge in [-0.2, -0.15) is 12.6 Å². The second-order valence-corrected chi connectivity index (χ2v) is 15.8. The number of benzene rings is 1. The molecule has 0 fully saturated rings. The number of amides is 8. The zero-order chi connectivity index (χ0) is 46.6. The first-order chi connectivity index (χ1) is 28.6. The number of carbonyl (C=O) groups is 9. The van der Waals surface area contributed by atoms with Gasteiger partial charge in [-0.15, -0.1) is 0 Å². The number of nitrogens with two attached hydrogens (primary N) is 2. The highest BCUT2D eigenvalue weighted by Gasteiger charge is 2.36. The van der Waals surface area contributed by atoms with Crippen molar-refractivity contribution in [2.45, 2.75) is 116 Å². The maximum atomic E-state index is 13.6. The predicted octanol–water partition coefficient (Wildman–Crippen LogP) is -3.43. The van der Waals surface area contributed by atoms with E-state index in [1.165, 1.54) is 0 Å². The number of aliphatic carboxylic acids is 1. The van der Waals surface area contributed by atoms with Crippen LogP contribution in [-0.4, -0.2) is 136 Å². The maximum absolute atomic E-state index is 13.6. The molecule has 0 heterocycles. The Kier molecular flexibility index (Phi) is 23.6. The molecule has 1 aromatic carbocycles. The molecule has 0 saturated heterocycles. The molecule has 0 radical (unpaired) electrons. The van der Waals surface area contributed by atoms with E-state index in [1.807, 2.05) is 0 Å². The first-order valence-corrected chi connectivity index (χ1v) is 20.5. The third-order valence-corrected chi connectivity index (χ3v) is 9.85. The average molecular weight is 882 g/mol. The molecule has 0 saturated carbocycles. The van der Waals surface area contributed by atoms with Crippen molar-refractivity contribution in [3.63, 3.8) is 0 Å². The lowest BCUT2D eigenvalue weighted by Gasteiger charge is -2.29. The Morgan fingerprint density at radius 3 is 1.59 bits per heavy atom. The number of rotatable bonds is 27. The van der Waals surface area contributed by atoms with Crippen LogP contribution in [0.3, 0.4) is 0 Å². The van der Waals surface area contributed by atoms with Gasteiger partial charge < -0.3 is 64.0 Å². The lowest BCUT2D eigenvalue weighted by Crippen LogP contribution is -2.62. The quantitative estimate of drug-likeness (QED) is 0.0384. The molecule has 1 rings (SSSR count). The van der Waals surface area contributed by atoms with Gasteiger partial charge in [0.1, 0.15) is 48.3 Å². The van der Waals surface area contributed by atoms with Gasteiger partial charge in [-0.1, -0.05) is 78.3 Å². The molecule has 0 aliphatic rings. The molecule has 8 amide bonds. The molecule has 14 N–H and O–H groups in total. The molecule has 1 aromatic rings. The van der Waals surface area contributed by atoms with Gasteiger partial charge in [0.25, 0.3) is 0 Å². The fourth-order valence-corrected chi connectivity index (χ4v) is 5.98. The van der Waals surface area contributed by atoms with E-state index in [9.17, 15) is 58.5 Å². The molecule has 61 heavy (non-hydrogen) atoms. The molecule has 0 aliphatic heterocycles. The lowest BCUT2D eigenvalue weighted by molar-refractivity contribution is -0.142. The highest BCUT2D eigenvalue weighted by molar-refractivity contribution is 7.80. The van der Waals surface area contributed by atoms with Crippen LogP contribution in [0.25, 0.3) is 0 Å². The molecular formula is C39H63N9O12S. The molecule has 21 nitrogen and oxygen atoms in total. The summed E-state index contributed by atoms with van der Waals surface area (Å²) in [6, 6.07) is -2.62. The molecule has 0 aromatic heterocycles. The number of hydrogen-bond donors (Lipinski definition) is 13. The lowest BCUT2D eigenvalue weighted by atomic mass is 9.97. The maximum Gasteiger partial charge on any atom is 0.326 e. The Hall–Kier alpha value is -5.32. The van der Waals surface area contributed by atoms with Crippen molar-refractivity contribution in [3.05, 3.63) is 35.9 Å². The Morgan fingerprint density at radius 1 is 0.623 bits per heavy atom. The van der Waals surface area contributed by atoms with Gasteiger partial charge in [0.2, 0.25) is 47.3 Å². The molecule has 22 heteroatoms. The summed E-state index contributed by atoms with van der Waals surface area (Å²) in [6.45, 7) is 8.38. The SMILES string of the molecule is CC[C@H](C)[C@@H](NC(=O)[C@@H](CO)NC(=O)[C@@H](CS)NC(=O)[C@@H](CC(C)C)NC(=O)[C@H](NC(=O)[C@@H](CC(N)=O)NC(=O)[C@H](N)CO)C(C)C)C(=O)N[C@H](Cc1ccccc1)C(=O)O. The van der Waals surface area contributed by atoms with Crippen LogP contribution in [0.2, 0.25) is 0 Å². The summed E-state index contributed by atoms with van der Waals surface area (Å²) >= 11 is 4.17. The predicted molar refractivity (Wildman–Crippen MR) is 225 cm³/mol. The standard InChI is InChI=1S/C39H63N9O12S/c1-7-21(6)31(38(58)44-26(39(59)60)14-22-11-9-8-10-12-22)48-35(55)27(17-50)45-36(56)28(18-61)46-33(53)24(13-19(2)3)43-37(57)30(20(4)5)47-34(54)25(15-29(41)51)42-32(52)23(40)16-49/h8-12,19-21,23-28,30-31,49-50,61H,7,13-18,40H2,1-6H3,(H2,41,51)(H,42,52)(H,43,57)(H,44,58)(H,45,56)(H,46,53)(H,47,54)(H,48,55)(H,59,60)/t21-,23+,24+,25+,26+,27+,28+,30+,31+/m0/s1. The fourth-order valence-electron chi connectivity index (χ4n) is 5.73. The number of nitrogens with one attached hydrogen (secondary N) is 7. The van der Waals surface area contributed by atoms with E-state index < -0.39 is 133 Å². The molecular weight excluding hydrogens is 819 g/mol. The van der Waals surface area contributed by atoms with Gasteiger partial charge in [-0.25, -0.2) is 4.79 Å². The number of aliphatic hydroxyl groups is 2. The zero-order valence-corrected chi connectivity index (χ0v) is 36.2. The van der Waals surface area contributed by atoms with Crippen LogP contribution in [0.1, 0.15) is 66.4 Å². The summed E-state index contributed by atoms with van der Waals surface area (Å²) in [7, 11) is 0. The number of carboxylic acid groups (broad SMARTS) is 1. The van der Waals surface area contributed by atoms with Crippen LogP contribution in [-0.2, 0) is 49.6 Å². The van der Waals surface area contributed by atoms with Gasteiger partial charge in [0.15, 0.2) is 0 Å². The van der Waals surface area contributed by atoms with E-state index in [0.29, 0.717) is 12.0 Å². The van der Waals surface area contributed by atoms with Crippen LogP contribution in [0.15, 0.2) is 30.3 Å². The second kappa shape index (κ2) is 26.8. The van der Waals surface area contributed by atoms with Gasteiger partial charge >= 0.3 is 5.97 Å². The van der Waals surface area contributed by atoms with Crippen molar-refractivity contribution in [2.75, 3.05) is 19.0 Å². The van der Waals surface area contributed by atoms with E-state index in [0.717, 1.165) is 0 Å². The van der Waals surface area contributed by atoms with Crippen LogP contribution in [0.4, 0.5) is 0 Å². The van der Waals surface area contributed by atoms with E-state index in [4.69, 9.17) is 11.5 Å². The smallest absolute Gasteiger partial charge is 0.326 e. The number of aliphatic hydroxyl groups excluding tert-OH is 2. The fraction of sp³-hybridized carbons (Fsp3) is 0.615. The Morgan fingerprint density at radius 2 is 1.10 bits per heavy atom. The molecule has 0 unspecified atom stereocenters. The summed E-state index contributed by atoms with van der Waals surface area (Å²) in [4.78, 5) is 117. The van der Waals surface area contributed by atoms with Crippen molar-refractivity contribution in [3.8, 4) is 0 Å². The zero-order valence-electron chi connectivity index (χ0n) is 35.3. The van der Waals surface area contributed by atoms with Crippen LogP contribution in [0, 0.1) is 17.8 Å². The van der Waals surface area contributed by atoms with Crippen molar-refractivity contribution < 1.29 is 58.5 Å². The number of hydrogen-bond acceptors (Lipinski definition) is 13. The third-order valence-electron chi connectivity index (χ3n) is 9.48. The van der Waals surface area contributed by atoms with Crippen molar-refractivity contribution in [1.82, 2.24) is 37.2 Å². The Balaban J connectivity index is 3.16. The van der Waals surface area contributed by atoms with Gasteiger partial charge in [0.05, 0.1) is 19.6 Å². The van der Waals surface area contributed by atoms with Crippen molar-refractivity contribution in [2.24, 2.45) is 29.2 Å². The minimum atomic E-state index is -1.63. The highest BCUT2D eigenvalue weighted by atomic mass is 32.1. The normalized spacial score (nSPS) is 15.6. The monoisotopic (exact) mass is 881 g/mol. The first-order valence-electron chi connectivity index (χ1n) is 19.9. The Bertz CT molecular complexity index is 1670. The second-order valence-electron chi connectivity index (χ2n) is 15.4. The van der Waals surface area contributed by atoms with E-state index in [2.05, 4.69) is 49.8 Å². The van der Waals surface area contributed by atoms with Gasteiger partial charge in [-0.3, -0.25) is 38.4 Å². The molecule has 0 spiro atoms. The number of carbonyl (C=O) groups excluding carboxylic acids is 8. The van der Waals surface area contributed by atoms with Crippen LogP contribution in [0.5, 0.6) is 0 Å². The van der Waals surface area contributed by atoms with Gasteiger partial charge in [-0.05, 0) is 29.7 Å². The van der Waals surface area contributed by atoms with Crippen LogP contribution >= 0.6 is 12.6 Å². The third kappa shape index (κ3) is 18.5. The summed E-state index contributed by atoms with van der Waals surface area (Å²) in [5.74, 6) is -10.2. The molecule has 9 atom stereocenters. The van der Waals surface area contributed by atoms with Gasteiger partial charge in [0, 0.05) is 12.2 Å². The Labute approximate surface area is 360 Å². The number of thiol groups is 1. The number of primary amides is 1. The van der Waals surface area contributed by atoms with E-state index in [-0.39, 0.29) is 24.5 Å². The number of carboxylic acids is 1. The minimum absolute atomic E-state index is 0.0335. The topological polar surface area (TPSA) is 351 Å². The summed E-state index contributed by atoms with van der Waals surface area (Å²) in [6.07, 6.45) is -0.270. The summed E-state index contributed by atoms with van der Waals surface area (Å²) in [5.41, 5.74) is 11.4. The highest BCUT2D eigenvalue weighted by Crippen LogP contribution is 2.12. The van der Waals surface area contributed by atoms with E-state index >= 15 is 0 Å². The average Bonchev–Trinajstić information content (AvgIpc) is 3.20.